The van der Waals surface area contributed by atoms with Gasteiger partial charge in [0.15, 0.2) is 0 Å². The second kappa shape index (κ2) is 4.91. The number of halogens is 1. The Hall–Kier alpha value is -2.04. The first-order chi connectivity index (χ1) is 8.99. The van der Waals surface area contributed by atoms with Crippen LogP contribution in [-0.2, 0) is 5.54 Å². The second-order valence-corrected chi connectivity index (χ2v) is 4.87. The molecule has 0 aliphatic heterocycles. The molecule has 2 aromatic rings. The summed E-state index contributed by atoms with van der Waals surface area (Å²) in [6, 6.07) is 1.71. The summed E-state index contributed by atoms with van der Waals surface area (Å²) >= 11 is 5.94. The number of pyridine rings is 2. The molecule has 0 atom stereocenters. The highest BCUT2D eigenvalue weighted by molar-refractivity contribution is 6.30. The molecule has 0 N–H and O–H groups in total. The first-order valence-electron chi connectivity index (χ1n) is 5.54. The summed E-state index contributed by atoms with van der Waals surface area (Å²) in [6.07, 6.45) is 3.23. The zero-order valence-corrected chi connectivity index (χ0v) is 11.5. The third-order valence-corrected chi connectivity index (χ3v) is 3.06. The molecule has 0 unspecified atom stereocenters. The monoisotopic (exact) mass is 277 g/mol. The predicted molar refractivity (Wildman–Crippen MR) is 73.3 cm³/mol. The fraction of sp³-hybridized carbons (Fsp3) is 0.333. The van der Waals surface area contributed by atoms with Gasteiger partial charge in [-0.15, -0.1) is 0 Å². The molecule has 2 heterocycles. The number of nitrogens with zero attached hydrogens (tertiary/aromatic N) is 5. The molecule has 7 heteroatoms. The van der Waals surface area contributed by atoms with Gasteiger partial charge in [0.25, 0.3) is 0 Å². The van der Waals surface area contributed by atoms with Crippen LogP contribution in [0.5, 0.6) is 5.88 Å². The van der Waals surface area contributed by atoms with Crippen molar-refractivity contribution < 1.29 is 4.74 Å². The maximum absolute atomic E-state index is 8.67. The van der Waals surface area contributed by atoms with Gasteiger partial charge in [0, 0.05) is 17.3 Å². The second-order valence-electron chi connectivity index (χ2n) is 4.48. The molecule has 0 bridgehead atoms. The van der Waals surface area contributed by atoms with E-state index >= 15 is 0 Å². The zero-order valence-electron chi connectivity index (χ0n) is 10.8. The van der Waals surface area contributed by atoms with Crippen LogP contribution in [0.25, 0.3) is 21.2 Å². The molecule has 0 saturated carbocycles. The van der Waals surface area contributed by atoms with Crippen molar-refractivity contribution in [1.29, 1.82) is 0 Å². The van der Waals surface area contributed by atoms with E-state index in [4.69, 9.17) is 21.9 Å². The van der Waals surface area contributed by atoms with Gasteiger partial charge in [-0.1, -0.05) is 30.6 Å². The van der Waals surface area contributed by atoms with Crippen LogP contribution >= 0.6 is 11.6 Å². The molecule has 0 amide bonds. The summed E-state index contributed by atoms with van der Waals surface area (Å²) in [6.45, 7) is 3.62. The Bertz CT molecular complexity index is 679. The van der Waals surface area contributed by atoms with E-state index in [1.807, 2.05) is 13.8 Å². The lowest BCUT2D eigenvalue weighted by Crippen LogP contribution is -2.14. The number of hydrogen-bond acceptors (Lipinski definition) is 4. The largest absolute Gasteiger partial charge is 0.481 e. The Kier molecular flexibility index (Phi) is 3.46. The molecule has 0 spiro atoms. The molecule has 6 nitrogen and oxygen atoms in total. The van der Waals surface area contributed by atoms with Crippen molar-refractivity contribution in [3.63, 3.8) is 0 Å². The molecule has 0 saturated heterocycles. The number of fused-ring (bicyclic) bond motifs is 1. The lowest BCUT2D eigenvalue weighted by molar-refractivity contribution is 0.402. The number of ether oxygens (including phenoxy) is 1. The Morgan fingerprint density at radius 2 is 2.05 bits per heavy atom. The summed E-state index contributed by atoms with van der Waals surface area (Å²) < 4.78 is 5.20. The van der Waals surface area contributed by atoms with Crippen LogP contribution in [0.3, 0.4) is 0 Å². The fourth-order valence-corrected chi connectivity index (χ4v) is 2.06. The third-order valence-electron chi connectivity index (χ3n) is 2.85. The van der Waals surface area contributed by atoms with E-state index in [2.05, 4.69) is 20.0 Å². The van der Waals surface area contributed by atoms with Crippen molar-refractivity contribution in [2.45, 2.75) is 19.4 Å². The predicted octanol–water partition coefficient (Wildman–Crippen LogP) is 3.84. The van der Waals surface area contributed by atoms with Crippen molar-refractivity contribution in [3.05, 3.63) is 39.6 Å². The van der Waals surface area contributed by atoms with E-state index in [1.54, 1.807) is 18.5 Å². The first-order valence-corrected chi connectivity index (χ1v) is 5.92. The molecule has 0 fully saturated rings. The van der Waals surface area contributed by atoms with Crippen LogP contribution in [0.4, 0.5) is 0 Å². The molecular formula is C12H12ClN5O. The molecule has 98 valence electrons. The number of hydrogen-bond donors (Lipinski definition) is 0. The van der Waals surface area contributed by atoms with Crippen LogP contribution in [0, 0.1) is 0 Å². The van der Waals surface area contributed by atoms with E-state index in [9.17, 15) is 0 Å². The minimum absolute atomic E-state index is 0.360. The van der Waals surface area contributed by atoms with Gasteiger partial charge in [0.05, 0.1) is 18.0 Å². The van der Waals surface area contributed by atoms with Crippen molar-refractivity contribution in [3.8, 4) is 5.88 Å². The van der Waals surface area contributed by atoms with Gasteiger partial charge in [0.1, 0.15) is 5.15 Å². The standard InChI is InChI=1S/C12H12ClN5O/c1-12(2,17-18-14)9-6-16-11(19-3)8-5-15-10(13)4-7(8)9/h4-6H,1-3H3. The van der Waals surface area contributed by atoms with Crippen molar-refractivity contribution >= 4 is 22.4 Å². The summed E-state index contributed by atoms with van der Waals surface area (Å²) in [5, 5.41) is 5.70. The smallest absolute Gasteiger partial charge is 0.222 e. The average Bonchev–Trinajstić information content (AvgIpc) is 2.36. The van der Waals surface area contributed by atoms with Gasteiger partial charge in [-0.25, -0.2) is 9.97 Å². The maximum Gasteiger partial charge on any atom is 0.222 e. The topological polar surface area (TPSA) is 83.8 Å². The summed E-state index contributed by atoms with van der Waals surface area (Å²) in [5.74, 6) is 0.458. The van der Waals surface area contributed by atoms with Crippen molar-refractivity contribution in [2.75, 3.05) is 7.11 Å². The summed E-state index contributed by atoms with van der Waals surface area (Å²) in [7, 11) is 1.54. The van der Waals surface area contributed by atoms with Crippen LogP contribution < -0.4 is 4.74 Å². The Morgan fingerprint density at radius 1 is 1.32 bits per heavy atom. The SMILES string of the molecule is COc1ncc(C(C)(C)N=[N+]=[N-])c2cc(Cl)ncc12. The van der Waals surface area contributed by atoms with E-state index in [0.29, 0.717) is 11.0 Å². The van der Waals surface area contributed by atoms with E-state index < -0.39 is 5.54 Å². The van der Waals surface area contributed by atoms with Crippen LogP contribution in [0.2, 0.25) is 5.15 Å². The quantitative estimate of drug-likeness (QED) is 0.370. The fourth-order valence-electron chi connectivity index (χ4n) is 1.90. The Balaban J connectivity index is 2.83. The summed E-state index contributed by atoms with van der Waals surface area (Å²) in [4.78, 5) is 11.1. The van der Waals surface area contributed by atoms with Gasteiger partial charge in [-0.05, 0) is 22.5 Å². The Morgan fingerprint density at radius 3 is 2.68 bits per heavy atom. The van der Waals surface area contributed by atoms with E-state index in [0.717, 1.165) is 16.3 Å². The maximum atomic E-state index is 8.67. The molecule has 2 rings (SSSR count). The zero-order chi connectivity index (χ0) is 14.0. The average molecular weight is 278 g/mol. The summed E-state index contributed by atoms with van der Waals surface area (Å²) in [5.41, 5.74) is 8.70. The van der Waals surface area contributed by atoms with Crippen molar-refractivity contribution in [1.82, 2.24) is 9.97 Å². The lowest BCUT2D eigenvalue weighted by Gasteiger charge is -2.20. The minimum atomic E-state index is -0.739. The van der Waals surface area contributed by atoms with Crippen LogP contribution in [0.15, 0.2) is 23.6 Å². The highest BCUT2D eigenvalue weighted by Crippen LogP contribution is 2.35. The van der Waals surface area contributed by atoms with Gasteiger partial charge >= 0.3 is 0 Å². The Labute approximate surface area is 115 Å². The van der Waals surface area contributed by atoms with E-state index in [-0.39, 0.29) is 0 Å². The molecule has 0 aliphatic carbocycles. The normalized spacial score (nSPS) is 11.2. The highest BCUT2D eigenvalue weighted by atomic mass is 35.5. The molecular weight excluding hydrogens is 266 g/mol. The van der Waals surface area contributed by atoms with Gasteiger partial charge in [-0.3, -0.25) is 0 Å². The number of azide groups is 1. The highest BCUT2D eigenvalue weighted by Gasteiger charge is 2.23. The van der Waals surface area contributed by atoms with Gasteiger partial charge < -0.3 is 4.74 Å². The van der Waals surface area contributed by atoms with Crippen molar-refractivity contribution in [2.24, 2.45) is 5.11 Å². The molecule has 19 heavy (non-hydrogen) atoms. The first kappa shape index (κ1) is 13.4. The lowest BCUT2D eigenvalue weighted by atomic mass is 9.93. The number of methoxy groups -OCH3 is 1. The molecule has 0 radical (unpaired) electrons. The van der Waals surface area contributed by atoms with Gasteiger partial charge in [0.2, 0.25) is 5.88 Å². The minimum Gasteiger partial charge on any atom is -0.481 e. The van der Waals surface area contributed by atoms with Crippen LogP contribution in [-0.4, -0.2) is 17.1 Å². The molecule has 2 aromatic heterocycles. The third kappa shape index (κ3) is 2.41. The van der Waals surface area contributed by atoms with Gasteiger partial charge in [-0.2, -0.15) is 0 Å². The molecule has 0 aliphatic rings. The number of rotatable bonds is 3. The number of aromatic nitrogens is 2. The van der Waals surface area contributed by atoms with Crippen LogP contribution in [0.1, 0.15) is 19.4 Å². The molecule has 0 aromatic carbocycles. The van der Waals surface area contributed by atoms with E-state index in [1.165, 1.54) is 7.11 Å².